The third-order valence-corrected chi connectivity index (χ3v) is 5.48. The first kappa shape index (κ1) is 24.0. The molecule has 0 aliphatic carbocycles. The molecule has 0 atom stereocenters. The zero-order chi connectivity index (χ0) is 24.0. The van der Waals surface area contributed by atoms with E-state index in [1.54, 1.807) is 48.5 Å². The first-order valence-corrected chi connectivity index (χ1v) is 10.8. The maximum Gasteiger partial charge on any atom is 0.269 e. The van der Waals surface area contributed by atoms with Crippen LogP contribution in [0.2, 0.25) is 5.02 Å². The second-order valence-electron chi connectivity index (χ2n) is 6.99. The largest absolute Gasteiger partial charge is 0.488 e. The fraction of sp³-hybridized carbons (Fsp3) is 0.0833. The van der Waals surface area contributed by atoms with E-state index in [4.69, 9.17) is 16.3 Å². The Kier molecular flexibility index (Phi) is 7.83. The van der Waals surface area contributed by atoms with Crippen LogP contribution in [0.5, 0.6) is 5.75 Å². The Balaban J connectivity index is 1.70. The fourth-order valence-corrected chi connectivity index (χ4v) is 3.52. The molecule has 7 nitrogen and oxygen atoms in total. The number of nitrogens with one attached hydrogen (secondary N) is 1. The molecule has 1 amide bonds. The van der Waals surface area contributed by atoms with Gasteiger partial charge in [0.15, 0.2) is 0 Å². The predicted octanol–water partition coefficient (Wildman–Crippen LogP) is 6.44. The van der Waals surface area contributed by atoms with Crippen LogP contribution < -0.4 is 10.1 Å². The van der Waals surface area contributed by atoms with Crippen molar-refractivity contribution in [2.75, 3.05) is 5.32 Å². The quantitative estimate of drug-likeness (QED) is 0.165. The number of hydrogen-bond donors (Lipinski definition) is 1. The van der Waals surface area contributed by atoms with Crippen LogP contribution in [0, 0.1) is 28.4 Å². The van der Waals surface area contributed by atoms with Crippen molar-refractivity contribution < 1.29 is 14.5 Å². The number of hydrogen-bond acceptors (Lipinski definition) is 5. The van der Waals surface area contributed by atoms with E-state index >= 15 is 0 Å². The first-order chi connectivity index (χ1) is 15.8. The standard InChI is InChI=1S/C24H17BrClN3O4/c1-15-2-6-19(26)12-22(15)28-24(30)18(13-27)10-17-5-9-23(21(25)11-17)33-14-16-3-7-20(8-4-16)29(31)32/h2-12H,14H2,1H3,(H,28,30)/b18-10+. The van der Waals surface area contributed by atoms with Crippen LogP contribution in [0.4, 0.5) is 11.4 Å². The fourth-order valence-electron chi connectivity index (χ4n) is 2.83. The summed E-state index contributed by atoms with van der Waals surface area (Å²) in [6.45, 7) is 2.05. The van der Waals surface area contributed by atoms with Gasteiger partial charge in [-0.3, -0.25) is 14.9 Å². The number of benzene rings is 3. The number of nitro benzene ring substituents is 1. The third kappa shape index (κ3) is 6.42. The highest BCUT2D eigenvalue weighted by Crippen LogP contribution is 2.28. The van der Waals surface area contributed by atoms with E-state index < -0.39 is 10.8 Å². The lowest BCUT2D eigenvalue weighted by Gasteiger charge is -2.10. The molecular formula is C24H17BrClN3O4. The summed E-state index contributed by atoms with van der Waals surface area (Å²) in [5.41, 5.74) is 2.70. The SMILES string of the molecule is Cc1ccc(Cl)cc1NC(=O)/C(C#N)=C/c1ccc(OCc2ccc([N+](=O)[O-])cc2)c(Br)c1. The normalized spacial score (nSPS) is 10.9. The molecule has 3 aromatic rings. The van der Waals surface area contributed by atoms with Crippen molar-refractivity contribution in [3.8, 4) is 11.8 Å². The molecule has 33 heavy (non-hydrogen) atoms. The van der Waals surface area contributed by atoms with Crippen LogP contribution in [-0.4, -0.2) is 10.8 Å². The minimum atomic E-state index is -0.544. The average molecular weight is 527 g/mol. The Morgan fingerprint density at radius 2 is 1.94 bits per heavy atom. The molecule has 0 unspecified atom stereocenters. The minimum absolute atomic E-state index is 0.0129. The lowest BCUT2D eigenvalue weighted by molar-refractivity contribution is -0.384. The van der Waals surface area contributed by atoms with E-state index in [0.717, 1.165) is 11.1 Å². The van der Waals surface area contributed by atoms with Crippen LogP contribution in [0.25, 0.3) is 6.08 Å². The zero-order valence-electron chi connectivity index (χ0n) is 17.3. The Morgan fingerprint density at radius 3 is 2.58 bits per heavy atom. The van der Waals surface area contributed by atoms with Crippen molar-refractivity contribution in [1.82, 2.24) is 0 Å². The summed E-state index contributed by atoms with van der Waals surface area (Å²) >= 11 is 9.41. The molecule has 0 radical (unpaired) electrons. The maximum absolute atomic E-state index is 12.6. The van der Waals surface area contributed by atoms with Gasteiger partial charge in [0, 0.05) is 22.8 Å². The number of nitro groups is 1. The van der Waals surface area contributed by atoms with Crippen LogP contribution in [0.1, 0.15) is 16.7 Å². The van der Waals surface area contributed by atoms with Gasteiger partial charge >= 0.3 is 0 Å². The van der Waals surface area contributed by atoms with Gasteiger partial charge in [-0.1, -0.05) is 23.7 Å². The number of nitriles is 1. The molecule has 0 spiro atoms. The van der Waals surface area contributed by atoms with E-state index in [-0.39, 0.29) is 17.9 Å². The molecule has 0 heterocycles. The monoisotopic (exact) mass is 525 g/mol. The number of ether oxygens (including phenoxy) is 1. The molecule has 0 saturated carbocycles. The van der Waals surface area contributed by atoms with Crippen molar-refractivity contribution in [3.63, 3.8) is 0 Å². The smallest absolute Gasteiger partial charge is 0.269 e. The van der Waals surface area contributed by atoms with E-state index in [2.05, 4.69) is 21.2 Å². The van der Waals surface area contributed by atoms with Gasteiger partial charge in [-0.15, -0.1) is 0 Å². The number of anilines is 1. The molecule has 166 valence electrons. The Hall–Kier alpha value is -3.67. The van der Waals surface area contributed by atoms with Crippen LogP contribution >= 0.6 is 27.5 Å². The number of aryl methyl sites for hydroxylation is 1. The molecule has 0 bridgehead atoms. The van der Waals surface area contributed by atoms with Crippen molar-refractivity contribution in [2.45, 2.75) is 13.5 Å². The number of nitrogens with zero attached hydrogens (tertiary/aromatic N) is 2. The highest BCUT2D eigenvalue weighted by Gasteiger charge is 2.12. The highest BCUT2D eigenvalue weighted by molar-refractivity contribution is 9.10. The Bertz CT molecular complexity index is 1280. The van der Waals surface area contributed by atoms with Crippen molar-refractivity contribution in [3.05, 3.63) is 103 Å². The molecule has 0 fully saturated rings. The molecular weight excluding hydrogens is 510 g/mol. The topological polar surface area (TPSA) is 105 Å². The molecule has 3 rings (SSSR count). The van der Waals surface area contributed by atoms with Crippen molar-refractivity contribution in [1.29, 1.82) is 5.26 Å². The van der Waals surface area contributed by atoms with Gasteiger partial charge in [0.1, 0.15) is 24.0 Å². The van der Waals surface area contributed by atoms with Gasteiger partial charge in [-0.05, 0) is 82.0 Å². The molecule has 9 heteroatoms. The summed E-state index contributed by atoms with van der Waals surface area (Å²) in [5, 5.41) is 23.4. The van der Waals surface area contributed by atoms with Gasteiger partial charge in [-0.2, -0.15) is 5.26 Å². The molecule has 0 aliphatic rings. The number of rotatable bonds is 7. The third-order valence-electron chi connectivity index (χ3n) is 4.62. The molecule has 0 aromatic heterocycles. The molecule has 0 aliphatic heterocycles. The Labute approximate surface area is 203 Å². The summed E-state index contributed by atoms with van der Waals surface area (Å²) in [4.78, 5) is 22.8. The van der Waals surface area contributed by atoms with Crippen LogP contribution in [0.15, 0.2) is 70.7 Å². The number of amides is 1. The zero-order valence-corrected chi connectivity index (χ0v) is 19.7. The van der Waals surface area contributed by atoms with Crippen molar-refractivity contribution >= 4 is 50.9 Å². The average Bonchev–Trinajstić information content (AvgIpc) is 2.79. The number of carbonyl (C=O) groups excluding carboxylic acids is 1. The van der Waals surface area contributed by atoms with Gasteiger partial charge < -0.3 is 10.1 Å². The lowest BCUT2D eigenvalue weighted by atomic mass is 10.1. The van der Waals surface area contributed by atoms with Gasteiger partial charge in [0.25, 0.3) is 11.6 Å². The first-order valence-electron chi connectivity index (χ1n) is 9.62. The predicted molar refractivity (Wildman–Crippen MR) is 130 cm³/mol. The summed E-state index contributed by atoms with van der Waals surface area (Å²) < 4.78 is 6.39. The highest BCUT2D eigenvalue weighted by atomic mass is 79.9. The summed E-state index contributed by atoms with van der Waals surface area (Å²) in [7, 11) is 0. The number of halogens is 2. The second kappa shape index (κ2) is 10.8. The van der Waals surface area contributed by atoms with Crippen LogP contribution in [0.3, 0.4) is 0 Å². The van der Waals surface area contributed by atoms with Gasteiger partial charge in [0.2, 0.25) is 0 Å². The summed E-state index contributed by atoms with van der Waals surface area (Å²) in [5.74, 6) is 0.000464. The van der Waals surface area contributed by atoms with E-state index in [0.29, 0.717) is 26.5 Å². The van der Waals surface area contributed by atoms with E-state index in [1.807, 2.05) is 13.0 Å². The van der Waals surface area contributed by atoms with Crippen molar-refractivity contribution in [2.24, 2.45) is 0 Å². The van der Waals surface area contributed by atoms with Crippen LogP contribution in [-0.2, 0) is 11.4 Å². The Morgan fingerprint density at radius 1 is 1.21 bits per heavy atom. The van der Waals surface area contributed by atoms with E-state index in [9.17, 15) is 20.2 Å². The number of carbonyl (C=O) groups is 1. The molecule has 1 N–H and O–H groups in total. The van der Waals surface area contributed by atoms with Gasteiger partial charge in [-0.25, -0.2) is 0 Å². The number of non-ortho nitro benzene ring substituents is 1. The lowest BCUT2D eigenvalue weighted by Crippen LogP contribution is -2.14. The molecule has 3 aromatic carbocycles. The van der Waals surface area contributed by atoms with Gasteiger partial charge in [0.05, 0.1) is 9.40 Å². The van der Waals surface area contributed by atoms with E-state index in [1.165, 1.54) is 18.2 Å². The summed E-state index contributed by atoms with van der Waals surface area (Å²) in [6, 6.07) is 18.3. The summed E-state index contributed by atoms with van der Waals surface area (Å²) in [6.07, 6.45) is 1.47. The maximum atomic E-state index is 12.6. The second-order valence-corrected chi connectivity index (χ2v) is 8.28. The minimum Gasteiger partial charge on any atom is -0.488 e. The molecule has 0 saturated heterocycles.